The standard InChI is InChI=1S/C15H23N3O/c1-19-5-4-16-7-12-8-17-9-18(12)15-13-10-2-3-11(6-10)14(13)15/h8-11,13-16H,2-7H2,1H3. The fourth-order valence-corrected chi connectivity index (χ4v) is 4.78. The highest BCUT2D eigenvalue weighted by molar-refractivity contribution is 5.18. The van der Waals surface area contributed by atoms with Crippen molar-refractivity contribution in [2.75, 3.05) is 20.3 Å². The molecule has 4 heteroatoms. The number of hydrogen-bond donors (Lipinski definition) is 1. The molecule has 2 bridgehead atoms. The molecule has 1 aromatic rings. The van der Waals surface area contributed by atoms with Gasteiger partial charge in [-0.2, -0.15) is 0 Å². The van der Waals surface area contributed by atoms with Crippen LogP contribution < -0.4 is 5.32 Å². The third kappa shape index (κ3) is 1.84. The Bertz CT molecular complexity index is 442. The zero-order chi connectivity index (χ0) is 12.8. The van der Waals surface area contributed by atoms with E-state index in [4.69, 9.17) is 4.74 Å². The second-order valence-corrected chi connectivity index (χ2v) is 6.44. The number of nitrogens with zero attached hydrogens (tertiary/aromatic N) is 2. The molecule has 3 aliphatic carbocycles. The van der Waals surface area contributed by atoms with E-state index < -0.39 is 0 Å². The largest absolute Gasteiger partial charge is 0.383 e. The lowest BCUT2D eigenvalue weighted by Gasteiger charge is -2.13. The Kier molecular flexibility index (Phi) is 2.88. The minimum absolute atomic E-state index is 0.771. The monoisotopic (exact) mass is 261 g/mol. The molecule has 1 aromatic heterocycles. The second-order valence-electron chi connectivity index (χ2n) is 6.44. The van der Waals surface area contributed by atoms with Gasteiger partial charge in [-0.3, -0.25) is 0 Å². The number of ether oxygens (including phenoxy) is 1. The molecule has 1 N–H and O–H groups in total. The minimum Gasteiger partial charge on any atom is -0.383 e. The highest BCUT2D eigenvalue weighted by Crippen LogP contribution is 2.71. The molecule has 3 fully saturated rings. The molecule has 0 radical (unpaired) electrons. The highest BCUT2D eigenvalue weighted by Gasteiger charge is 2.65. The molecular weight excluding hydrogens is 238 g/mol. The highest BCUT2D eigenvalue weighted by atomic mass is 16.5. The molecule has 4 nitrogen and oxygen atoms in total. The summed E-state index contributed by atoms with van der Waals surface area (Å²) >= 11 is 0. The molecule has 0 spiro atoms. The predicted octanol–water partition coefficient (Wildman–Crippen LogP) is 1.84. The van der Waals surface area contributed by atoms with E-state index in [0.29, 0.717) is 0 Å². The van der Waals surface area contributed by atoms with Gasteiger partial charge in [0.1, 0.15) is 0 Å². The van der Waals surface area contributed by atoms with E-state index in [0.717, 1.165) is 49.4 Å². The van der Waals surface area contributed by atoms with Gasteiger partial charge in [-0.05, 0) is 42.9 Å². The molecule has 3 saturated carbocycles. The van der Waals surface area contributed by atoms with Crippen LogP contribution in [0.2, 0.25) is 0 Å². The van der Waals surface area contributed by atoms with Crippen LogP contribution in [0.15, 0.2) is 12.5 Å². The van der Waals surface area contributed by atoms with Crippen LogP contribution in [0.3, 0.4) is 0 Å². The molecule has 19 heavy (non-hydrogen) atoms. The Morgan fingerprint density at radius 2 is 2.16 bits per heavy atom. The summed E-state index contributed by atoms with van der Waals surface area (Å²) in [6.07, 6.45) is 8.56. The van der Waals surface area contributed by atoms with Crippen LogP contribution in [0.5, 0.6) is 0 Å². The molecule has 0 aliphatic heterocycles. The number of nitrogens with one attached hydrogen (secondary N) is 1. The van der Waals surface area contributed by atoms with Crippen molar-refractivity contribution in [1.82, 2.24) is 14.9 Å². The van der Waals surface area contributed by atoms with Gasteiger partial charge in [-0.1, -0.05) is 0 Å². The number of methoxy groups -OCH3 is 1. The summed E-state index contributed by atoms with van der Waals surface area (Å²) in [5.74, 6) is 4.00. The fourth-order valence-electron chi connectivity index (χ4n) is 4.78. The van der Waals surface area contributed by atoms with E-state index in [1.54, 1.807) is 7.11 Å². The van der Waals surface area contributed by atoms with Gasteiger partial charge >= 0.3 is 0 Å². The normalized spacial score (nSPS) is 38.7. The summed E-state index contributed by atoms with van der Waals surface area (Å²) in [6, 6.07) is 0.771. The SMILES string of the molecule is COCCNCc1cncn1C1C2C3CCC(C3)C21. The van der Waals surface area contributed by atoms with Crippen molar-refractivity contribution >= 4 is 0 Å². The van der Waals surface area contributed by atoms with Gasteiger partial charge in [0.15, 0.2) is 0 Å². The molecule has 1 heterocycles. The van der Waals surface area contributed by atoms with E-state index in [-0.39, 0.29) is 0 Å². The van der Waals surface area contributed by atoms with E-state index >= 15 is 0 Å². The van der Waals surface area contributed by atoms with Crippen LogP contribution >= 0.6 is 0 Å². The molecule has 0 aromatic carbocycles. The zero-order valence-electron chi connectivity index (χ0n) is 11.6. The van der Waals surface area contributed by atoms with Crippen LogP contribution in [-0.2, 0) is 11.3 Å². The average Bonchev–Trinajstić information content (AvgIpc) is 2.84. The van der Waals surface area contributed by atoms with E-state index in [9.17, 15) is 0 Å². The van der Waals surface area contributed by atoms with Crippen molar-refractivity contribution in [3.05, 3.63) is 18.2 Å². The van der Waals surface area contributed by atoms with Crippen molar-refractivity contribution in [2.24, 2.45) is 23.7 Å². The summed E-state index contributed by atoms with van der Waals surface area (Å²) in [4.78, 5) is 4.37. The van der Waals surface area contributed by atoms with Crippen LogP contribution in [0, 0.1) is 23.7 Å². The molecule has 0 amide bonds. The number of rotatable bonds is 6. The van der Waals surface area contributed by atoms with Crippen molar-refractivity contribution < 1.29 is 4.74 Å². The van der Waals surface area contributed by atoms with Crippen molar-refractivity contribution in [3.8, 4) is 0 Å². The van der Waals surface area contributed by atoms with E-state index in [1.807, 2.05) is 6.20 Å². The quantitative estimate of drug-likeness (QED) is 0.794. The summed E-state index contributed by atoms with van der Waals surface area (Å²) < 4.78 is 7.52. The molecule has 4 atom stereocenters. The maximum atomic E-state index is 5.06. The molecule has 4 unspecified atom stereocenters. The van der Waals surface area contributed by atoms with Crippen LogP contribution in [-0.4, -0.2) is 29.8 Å². The van der Waals surface area contributed by atoms with Gasteiger partial charge in [-0.15, -0.1) is 0 Å². The molecule has 0 saturated heterocycles. The number of fused-ring (bicyclic) bond motifs is 5. The summed E-state index contributed by atoms with van der Waals surface area (Å²) in [6.45, 7) is 2.59. The Morgan fingerprint density at radius 3 is 2.89 bits per heavy atom. The third-order valence-corrected chi connectivity index (χ3v) is 5.55. The minimum atomic E-state index is 0.771. The molecule has 4 rings (SSSR count). The first-order valence-electron chi connectivity index (χ1n) is 7.60. The van der Waals surface area contributed by atoms with Gasteiger partial charge in [0.05, 0.1) is 18.6 Å². The summed E-state index contributed by atoms with van der Waals surface area (Å²) in [7, 11) is 1.74. The van der Waals surface area contributed by atoms with Crippen LogP contribution in [0.4, 0.5) is 0 Å². The van der Waals surface area contributed by atoms with E-state index in [2.05, 4.69) is 21.2 Å². The summed E-state index contributed by atoms with van der Waals surface area (Å²) in [5, 5.41) is 3.43. The van der Waals surface area contributed by atoms with Crippen molar-refractivity contribution in [2.45, 2.75) is 31.8 Å². The fraction of sp³-hybridized carbons (Fsp3) is 0.800. The van der Waals surface area contributed by atoms with Gasteiger partial charge in [0, 0.05) is 32.4 Å². The first-order valence-corrected chi connectivity index (χ1v) is 7.60. The topological polar surface area (TPSA) is 39.1 Å². The Balaban J connectivity index is 1.41. The van der Waals surface area contributed by atoms with Gasteiger partial charge in [0.25, 0.3) is 0 Å². The third-order valence-electron chi connectivity index (χ3n) is 5.55. The lowest BCUT2D eigenvalue weighted by atomic mass is 10.0. The molecule has 104 valence electrons. The predicted molar refractivity (Wildman–Crippen MR) is 72.7 cm³/mol. The average molecular weight is 261 g/mol. The zero-order valence-corrected chi connectivity index (χ0v) is 11.6. The Labute approximate surface area is 114 Å². The van der Waals surface area contributed by atoms with E-state index in [1.165, 1.54) is 25.0 Å². The van der Waals surface area contributed by atoms with Crippen LogP contribution in [0.1, 0.15) is 31.0 Å². The Hall–Kier alpha value is -0.870. The van der Waals surface area contributed by atoms with Gasteiger partial charge < -0.3 is 14.6 Å². The van der Waals surface area contributed by atoms with Crippen LogP contribution in [0.25, 0.3) is 0 Å². The number of aromatic nitrogens is 2. The number of hydrogen-bond acceptors (Lipinski definition) is 3. The van der Waals surface area contributed by atoms with Crippen molar-refractivity contribution in [1.29, 1.82) is 0 Å². The summed E-state index contributed by atoms with van der Waals surface area (Å²) in [5.41, 5.74) is 1.34. The Morgan fingerprint density at radius 1 is 1.37 bits per heavy atom. The maximum Gasteiger partial charge on any atom is 0.0951 e. The van der Waals surface area contributed by atoms with Gasteiger partial charge in [-0.25, -0.2) is 4.98 Å². The molecular formula is C15H23N3O. The lowest BCUT2D eigenvalue weighted by molar-refractivity contribution is 0.199. The lowest BCUT2D eigenvalue weighted by Crippen LogP contribution is -2.20. The molecule has 3 aliphatic rings. The first-order chi connectivity index (χ1) is 9.40. The maximum absolute atomic E-state index is 5.06. The van der Waals surface area contributed by atoms with Crippen molar-refractivity contribution in [3.63, 3.8) is 0 Å². The second kappa shape index (κ2) is 4.60. The number of imidazole rings is 1. The first kappa shape index (κ1) is 11.9. The smallest absolute Gasteiger partial charge is 0.0951 e. The van der Waals surface area contributed by atoms with Gasteiger partial charge in [0.2, 0.25) is 0 Å².